The van der Waals surface area contributed by atoms with E-state index in [1.165, 1.54) is 47.3 Å². The van der Waals surface area contributed by atoms with E-state index in [2.05, 4.69) is 30.4 Å². The molecule has 1 heterocycles. The average Bonchev–Trinajstić information content (AvgIpc) is 2.62. The van der Waals surface area contributed by atoms with Crippen molar-refractivity contribution in [3.05, 3.63) is 35.0 Å². The van der Waals surface area contributed by atoms with Crippen molar-refractivity contribution in [2.75, 3.05) is 0 Å². The molecule has 0 saturated heterocycles. The van der Waals surface area contributed by atoms with Crippen LogP contribution in [0.3, 0.4) is 0 Å². The fourth-order valence-electron chi connectivity index (χ4n) is 2.40. The van der Waals surface area contributed by atoms with Gasteiger partial charge in [-0.05, 0) is 43.4 Å². The lowest BCUT2D eigenvalue weighted by Crippen LogP contribution is -1.91. The smallest absolute Gasteiger partial charge is 0.0711 e. The van der Waals surface area contributed by atoms with E-state index in [1.54, 1.807) is 0 Å². The quantitative estimate of drug-likeness (QED) is 0.568. The van der Waals surface area contributed by atoms with Crippen LogP contribution in [-0.4, -0.2) is 0 Å². The van der Waals surface area contributed by atoms with Gasteiger partial charge in [-0.2, -0.15) is 0 Å². The van der Waals surface area contributed by atoms with Crippen LogP contribution in [0, 0.1) is 6.92 Å². The van der Waals surface area contributed by atoms with Crippen LogP contribution in [0.2, 0.25) is 0 Å². The Morgan fingerprint density at radius 3 is 3.08 bits per heavy atom. The zero-order chi connectivity index (χ0) is 8.84. The molecule has 0 N–H and O–H groups in total. The van der Waals surface area contributed by atoms with E-state index in [4.69, 9.17) is 0 Å². The van der Waals surface area contributed by atoms with E-state index in [9.17, 15) is 0 Å². The summed E-state index contributed by atoms with van der Waals surface area (Å²) in [7, 11) is 0. The van der Waals surface area contributed by atoms with Gasteiger partial charge in [0, 0.05) is 11.3 Å². The van der Waals surface area contributed by atoms with Gasteiger partial charge in [0.25, 0.3) is 0 Å². The van der Waals surface area contributed by atoms with Crippen molar-refractivity contribution in [3.63, 3.8) is 0 Å². The number of hydrogen-bond donors (Lipinski definition) is 0. The molecule has 3 rings (SSSR count). The number of hydrogen-bond acceptors (Lipinski definition) is 0. The van der Waals surface area contributed by atoms with E-state index >= 15 is 0 Å². The van der Waals surface area contributed by atoms with E-state index < -0.39 is 0 Å². The molecule has 1 aliphatic carbocycles. The van der Waals surface area contributed by atoms with Crippen molar-refractivity contribution in [3.8, 4) is 0 Å². The summed E-state index contributed by atoms with van der Waals surface area (Å²) in [6, 6.07) is 6.41. The third-order valence-electron chi connectivity index (χ3n) is 3.00. The number of benzene rings is 1. The number of nitrogens with zero attached hydrogens (tertiary/aromatic N) is 1. The second kappa shape index (κ2) is 2.38. The van der Waals surface area contributed by atoms with Gasteiger partial charge in [0.15, 0.2) is 0 Å². The Labute approximate surface area is 78.5 Å². The Balaban J connectivity index is 2.23. The van der Waals surface area contributed by atoms with Crippen molar-refractivity contribution in [1.82, 2.24) is 5.32 Å². The summed E-state index contributed by atoms with van der Waals surface area (Å²) in [4.78, 5) is 0. The second-order valence-electron chi connectivity index (χ2n) is 3.86. The molecular formula is C12H12N. The molecule has 1 aromatic carbocycles. The first-order valence-electron chi connectivity index (χ1n) is 4.90. The molecule has 1 heteroatoms. The summed E-state index contributed by atoms with van der Waals surface area (Å²) in [5, 5.41) is 4.65. The number of allylic oxidation sites excluding steroid dienone is 2. The van der Waals surface area contributed by atoms with Gasteiger partial charge in [-0.1, -0.05) is 12.1 Å². The summed E-state index contributed by atoms with van der Waals surface area (Å²) in [6.45, 7) is 2.18. The van der Waals surface area contributed by atoms with Crippen LogP contribution in [0.25, 0.3) is 5.57 Å². The fourth-order valence-corrected chi connectivity index (χ4v) is 2.40. The van der Waals surface area contributed by atoms with Crippen molar-refractivity contribution in [1.29, 1.82) is 0 Å². The molecule has 1 nitrogen and oxygen atoms in total. The van der Waals surface area contributed by atoms with Gasteiger partial charge in [-0.25, -0.2) is 0 Å². The second-order valence-corrected chi connectivity index (χ2v) is 3.86. The predicted molar refractivity (Wildman–Crippen MR) is 53.7 cm³/mol. The van der Waals surface area contributed by atoms with Crippen LogP contribution in [-0.2, 0) is 0 Å². The standard InChI is InChI=1S/C12H12N/c1-8-4-2-7-11-12(8)9-5-3-6-10(9)13-11/h2,4,7H,3,5-6H2,1H3. The summed E-state index contributed by atoms with van der Waals surface area (Å²) in [6.07, 6.45) is 3.71. The number of aryl methyl sites for hydroxylation is 1. The highest BCUT2D eigenvalue weighted by Crippen LogP contribution is 2.44. The predicted octanol–water partition coefficient (Wildman–Crippen LogP) is 3.14. The SMILES string of the molecule is Cc1cccc2c1C1=C(CCC1)[N]2. The molecule has 0 aromatic heterocycles. The third kappa shape index (κ3) is 0.873. The highest BCUT2D eigenvalue weighted by molar-refractivity contribution is 5.85. The maximum Gasteiger partial charge on any atom is 0.0711 e. The Kier molecular flexibility index (Phi) is 1.32. The van der Waals surface area contributed by atoms with Crippen molar-refractivity contribution < 1.29 is 0 Å². The van der Waals surface area contributed by atoms with Gasteiger partial charge < -0.3 is 0 Å². The first kappa shape index (κ1) is 7.19. The monoisotopic (exact) mass is 170 g/mol. The molecule has 2 aliphatic rings. The van der Waals surface area contributed by atoms with E-state index in [0.717, 1.165) is 0 Å². The van der Waals surface area contributed by atoms with E-state index in [0.29, 0.717) is 0 Å². The molecular weight excluding hydrogens is 158 g/mol. The zero-order valence-electron chi connectivity index (χ0n) is 7.80. The highest BCUT2D eigenvalue weighted by Gasteiger charge is 2.27. The summed E-state index contributed by atoms with van der Waals surface area (Å²) < 4.78 is 0. The van der Waals surface area contributed by atoms with E-state index in [-0.39, 0.29) is 0 Å². The fraction of sp³-hybridized carbons (Fsp3) is 0.333. The molecule has 0 bridgehead atoms. The topological polar surface area (TPSA) is 14.1 Å². The molecule has 0 fully saturated rings. The zero-order valence-corrected chi connectivity index (χ0v) is 7.80. The van der Waals surface area contributed by atoms with Crippen LogP contribution in [0.15, 0.2) is 23.9 Å². The number of fused-ring (bicyclic) bond motifs is 2. The van der Waals surface area contributed by atoms with Gasteiger partial charge in [-0.3, -0.25) is 5.32 Å². The molecule has 13 heavy (non-hydrogen) atoms. The molecule has 0 saturated carbocycles. The molecule has 0 spiro atoms. The van der Waals surface area contributed by atoms with Crippen LogP contribution in [0.5, 0.6) is 0 Å². The lowest BCUT2D eigenvalue weighted by Gasteiger charge is -2.05. The maximum atomic E-state index is 4.65. The maximum absolute atomic E-state index is 4.65. The minimum Gasteiger partial charge on any atom is -0.253 e. The summed E-state index contributed by atoms with van der Waals surface area (Å²) in [5.74, 6) is 0. The molecule has 1 aliphatic heterocycles. The molecule has 0 atom stereocenters. The first-order valence-corrected chi connectivity index (χ1v) is 4.90. The molecule has 1 radical (unpaired) electrons. The Morgan fingerprint density at radius 1 is 1.23 bits per heavy atom. The van der Waals surface area contributed by atoms with Crippen LogP contribution < -0.4 is 5.32 Å². The number of rotatable bonds is 0. The summed E-state index contributed by atoms with van der Waals surface area (Å²) in [5.41, 5.74) is 6.88. The molecule has 0 unspecified atom stereocenters. The minimum absolute atomic E-state index is 1.18. The molecule has 65 valence electrons. The van der Waals surface area contributed by atoms with Crippen LogP contribution >= 0.6 is 0 Å². The Morgan fingerprint density at radius 2 is 2.15 bits per heavy atom. The molecule has 1 aromatic rings. The Hall–Kier alpha value is -1.24. The lowest BCUT2D eigenvalue weighted by molar-refractivity contribution is 0.859. The lowest BCUT2D eigenvalue weighted by atomic mass is 10.00. The van der Waals surface area contributed by atoms with Gasteiger partial charge in [-0.15, -0.1) is 0 Å². The van der Waals surface area contributed by atoms with Crippen molar-refractivity contribution in [2.45, 2.75) is 26.2 Å². The summed E-state index contributed by atoms with van der Waals surface area (Å²) >= 11 is 0. The van der Waals surface area contributed by atoms with Gasteiger partial charge >= 0.3 is 0 Å². The normalized spacial score (nSPS) is 18.5. The van der Waals surface area contributed by atoms with Crippen LogP contribution in [0.1, 0.15) is 30.4 Å². The van der Waals surface area contributed by atoms with Gasteiger partial charge in [0.05, 0.1) is 5.69 Å². The van der Waals surface area contributed by atoms with Gasteiger partial charge in [0.1, 0.15) is 0 Å². The van der Waals surface area contributed by atoms with Crippen molar-refractivity contribution in [2.24, 2.45) is 0 Å². The van der Waals surface area contributed by atoms with Crippen LogP contribution in [0.4, 0.5) is 5.69 Å². The Bertz CT molecular complexity index is 402. The van der Waals surface area contributed by atoms with Crippen molar-refractivity contribution >= 4 is 11.3 Å². The van der Waals surface area contributed by atoms with Gasteiger partial charge in [0.2, 0.25) is 0 Å². The largest absolute Gasteiger partial charge is 0.253 e. The van der Waals surface area contributed by atoms with E-state index in [1.807, 2.05) is 0 Å². The molecule has 0 amide bonds. The first-order chi connectivity index (χ1) is 6.36. The average molecular weight is 170 g/mol. The minimum atomic E-state index is 1.18. The third-order valence-corrected chi connectivity index (χ3v) is 3.00. The highest BCUT2D eigenvalue weighted by atomic mass is 14.9.